The van der Waals surface area contributed by atoms with Crippen molar-refractivity contribution in [1.82, 2.24) is 14.5 Å². The van der Waals surface area contributed by atoms with Crippen LogP contribution in [0.1, 0.15) is 31.7 Å². The standard InChI is InChI=1S/C15H16F3N5/c16-15(17,18)6-1-2-10-3-4-11(8-10)23-7-5-12-13(22-19)20-9-21-14(12)23/h5,7,9-11H,2-4,8,19H2,(H,20,21,22). The van der Waals surface area contributed by atoms with Crippen LogP contribution in [0.2, 0.25) is 0 Å². The summed E-state index contributed by atoms with van der Waals surface area (Å²) >= 11 is 0. The molecule has 0 radical (unpaired) electrons. The molecule has 2 heterocycles. The number of aromatic nitrogens is 3. The van der Waals surface area contributed by atoms with Crippen LogP contribution < -0.4 is 11.3 Å². The predicted molar refractivity (Wildman–Crippen MR) is 80.2 cm³/mol. The van der Waals surface area contributed by atoms with Gasteiger partial charge in [0.05, 0.1) is 5.39 Å². The average Bonchev–Trinajstić information content (AvgIpc) is 3.11. The van der Waals surface area contributed by atoms with Gasteiger partial charge in [0.25, 0.3) is 0 Å². The van der Waals surface area contributed by atoms with Crippen LogP contribution in [0.3, 0.4) is 0 Å². The van der Waals surface area contributed by atoms with Gasteiger partial charge in [0, 0.05) is 24.6 Å². The number of hydrogen-bond acceptors (Lipinski definition) is 4. The minimum atomic E-state index is -4.41. The Morgan fingerprint density at radius 3 is 2.91 bits per heavy atom. The lowest BCUT2D eigenvalue weighted by Crippen LogP contribution is -2.10. The smallest absolute Gasteiger partial charge is 0.329 e. The van der Waals surface area contributed by atoms with E-state index in [1.54, 1.807) is 0 Å². The number of hydrazine groups is 1. The van der Waals surface area contributed by atoms with Crippen LogP contribution in [-0.4, -0.2) is 20.7 Å². The topological polar surface area (TPSA) is 68.8 Å². The van der Waals surface area contributed by atoms with Crippen LogP contribution in [-0.2, 0) is 0 Å². The maximum absolute atomic E-state index is 12.1. The van der Waals surface area contributed by atoms with Gasteiger partial charge in [-0.05, 0) is 31.2 Å². The predicted octanol–water partition coefficient (Wildman–Crippen LogP) is 3.01. The lowest BCUT2D eigenvalue weighted by atomic mass is 10.0. The Labute approximate surface area is 131 Å². The van der Waals surface area contributed by atoms with E-state index in [2.05, 4.69) is 25.9 Å². The van der Waals surface area contributed by atoms with Crippen molar-refractivity contribution in [3.05, 3.63) is 18.6 Å². The molecule has 1 aliphatic rings. The second-order valence-corrected chi connectivity index (χ2v) is 5.66. The minimum Gasteiger partial charge on any atom is -0.329 e. The van der Waals surface area contributed by atoms with Crippen molar-refractivity contribution < 1.29 is 13.2 Å². The molecule has 3 rings (SSSR count). The fraction of sp³-hybridized carbons (Fsp3) is 0.467. The number of nitrogen functional groups attached to an aromatic ring is 1. The van der Waals surface area contributed by atoms with Crippen molar-refractivity contribution in [2.45, 2.75) is 37.9 Å². The van der Waals surface area contributed by atoms with Crippen LogP contribution in [0.15, 0.2) is 18.6 Å². The minimum absolute atomic E-state index is 0.182. The zero-order chi connectivity index (χ0) is 16.4. The molecule has 1 fully saturated rings. The lowest BCUT2D eigenvalue weighted by Gasteiger charge is -2.13. The SMILES string of the molecule is NNc1ncnc2c1ccn2C1CCC(CC#CC(F)(F)F)C1. The van der Waals surface area contributed by atoms with Crippen molar-refractivity contribution in [1.29, 1.82) is 0 Å². The summed E-state index contributed by atoms with van der Waals surface area (Å²) in [4.78, 5) is 8.35. The summed E-state index contributed by atoms with van der Waals surface area (Å²) in [6, 6.07) is 2.10. The second-order valence-electron chi connectivity index (χ2n) is 5.66. The van der Waals surface area contributed by atoms with Gasteiger partial charge >= 0.3 is 6.18 Å². The Morgan fingerprint density at radius 2 is 2.17 bits per heavy atom. The number of nitrogens with zero attached hydrogens (tertiary/aromatic N) is 3. The van der Waals surface area contributed by atoms with Crippen LogP contribution in [0.4, 0.5) is 19.0 Å². The van der Waals surface area contributed by atoms with Gasteiger partial charge in [-0.1, -0.05) is 5.92 Å². The largest absolute Gasteiger partial charge is 0.457 e. The number of anilines is 1. The third-order valence-electron chi connectivity index (χ3n) is 4.17. The Morgan fingerprint density at radius 1 is 1.35 bits per heavy atom. The second kappa shape index (κ2) is 6.08. The first-order valence-corrected chi connectivity index (χ1v) is 7.33. The first-order chi connectivity index (χ1) is 11.0. The lowest BCUT2D eigenvalue weighted by molar-refractivity contribution is -0.0697. The maximum Gasteiger partial charge on any atom is 0.457 e. The molecule has 8 heteroatoms. The zero-order valence-electron chi connectivity index (χ0n) is 12.3. The van der Waals surface area contributed by atoms with Crippen molar-refractivity contribution >= 4 is 16.9 Å². The summed E-state index contributed by atoms with van der Waals surface area (Å²) in [7, 11) is 0. The number of fused-ring (bicyclic) bond motifs is 1. The molecule has 122 valence electrons. The molecule has 3 N–H and O–H groups in total. The fourth-order valence-corrected chi connectivity index (χ4v) is 3.16. The molecular weight excluding hydrogens is 307 g/mol. The van der Waals surface area contributed by atoms with Gasteiger partial charge in [0.2, 0.25) is 0 Å². The Hall–Kier alpha value is -2.27. The van der Waals surface area contributed by atoms with Crippen molar-refractivity contribution in [3.8, 4) is 11.8 Å². The van der Waals surface area contributed by atoms with Crippen LogP contribution in [0.5, 0.6) is 0 Å². The first-order valence-electron chi connectivity index (χ1n) is 7.33. The zero-order valence-corrected chi connectivity index (χ0v) is 12.3. The molecule has 2 unspecified atom stereocenters. The maximum atomic E-state index is 12.1. The van der Waals surface area contributed by atoms with Crippen molar-refractivity contribution in [2.75, 3.05) is 5.43 Å². The number of hydrogen-bond donors (Lipinski definition) is 2. The van der Waals surface area contributed by atoms with Gasteiger partial charge in [-0.25, -0.2) is 15.8 Å². The summed E-state index contributed by atoms with van der Waals surface area (Å²) < 4.78 is 38.3. The monoisotopic (exact) mass is 323 g/mol. The fourth-order valence-electron chi connectivity index (χ4n) is 3.16. The summed E-state index contributed by atoms with van der Waals surface area (Å²) in [6.07, 6.45) is 1.80. The highest BCUT2D eigenvalue weighted by molar-refractivity contribution is 5.87. The van der Waals surface area contributed by atoms with E-state index in [-0.39, 0.29) is 18.4 Å². The molecule has 1 saturated carbocycles. The normalized spacial score (nSPS) is 21.2. The van der Waals surface area contributed by atoms with Crippen LogP contribution in [0, 0.1) is 17.8 Å². The summed E-state index contributed by atoms with van der Waals surface area (Å²) in [5.74, 6) is 9.77. The summed E-state index contributed by atoms with van der Waals surface area (Å²) in [6.45, 7) is 0. The molecular formula is C15H16F3N5. The van der Waals surface area contributed by atoms with Crippen molar-refractivity contribution in [2.24, 2.45) is 11.8 Å². The van der Waals surface area contributed by atoms with E-state index in [1.807, 2.05) is 12.3 Å². The molecule has 1 aliphatic carbocycles. The number of rotatable bonds is 3. The molecule has 2 aromatic rings. The molecule has 0 spiro atoms. The molecule has 23 heavy (non-hydrogen) atoms. The molecule has 0 saturated heterocycles. The van der Waals surface area contributed by atoms with E-state index in [9.17, 15) is 13.2 Å². The number of halogens is 3. The summed E-state index contributed by atoms with van der Waals surface area (Å²) in [5, 5.41) is 0.829. The third kappa shape index (κ3) is 3.40. The Bertz CT molecular complexity index is 756. The molecule has 5 nitrogen and oxygen atoms in total. The van der Waals surface area contributed by atoms with Gasteiger partial charge in [-0.2, -0.15) is 13.2 Å². The van der Waals surface area contributed by atoms with Gasteiger partial charge in [0.15, 0.2) is 5.82 Å². The Kier molecular flexibility index (Phi) is 4.13. The molecule has 2 atom stereocenters. The van der Waals surface area contributed by atoms with E-state index in [1.165, 1.54) is 12.2 Å². The highest BCUT2D eigenvalue weighted by Gasteiger charge is 2.27. The highest BCUT2D eigenvalue weighted by atomic mass is 19.4. The van der Waals surface area contributed by atoms with Crippen LogP contribution in [0.25, 0.3) is 11.0 Å². The van der Waals surface area contributed by atoms with E-state index in [0.717, 1.165) is 30.3 Å². The third-order valence-corrected chi connectivity index (χ3v) is 4.17. The quantitative estimate of drug-likeness (QED) is 0.517. The molecule has 0 amide bonds. The molecule has 2 aromatic heterocycles. The molecule has 0 aromatic carbocycles. The van der Waals surface area contributed by atoms with Gasteiger partial charge in [-0.15, -0.1) is 0 Å². The summed E-state index contributed by atoms with van der Waals surface area (Å²) in [5.41, 5.74) is 3.31. The van der Waals surface area contributed by atoms with Gasteiger partial charge in [0.1, 0.15) is 12.0 Å². The van der Waals surface area contributed by atoms with Crippen molar-refractivity contribution in [3.63, 3.8) is 0 Å². The van der Waals surface area contributed by atoms with E-state index in [4.69, 9.17) is 5.84 Å². The average molecular weight is 323 g/mol. The molecule has 0 bridgehead atoms. The Balaban J connectivity index is 1.73. The number of nitrogens with one attached hydrogen (secondary N) is 1. The van der Waals surface area contributed by atoms with E-state index < -0.39 is 6.18 Å². The highest BCUT2D eigenvalue weighted by Crippen LogP contribution is 2.38. The van der Waals surface area contributed by atoms with Gasteiger partial charge in [-0.3, -0.25) is 0 Å². The van der Waals surface area contributed by atoms with E-state index >= 15 is 0 Å². The number of alkyl halides is 3. The first kappa shape index (κ1) is 15.6. The van der Waals surface area contributed by atoms with Gasteiger partial charge < -0.3 is 9.99 Å². The van der Waals surface area contributed by atoms with Crippen LogP contribution >= 0.6 is 0 Å². The van der Waals surface area contributed by atoms with E-state index in [0.29, 0.717) is 5.82 Å². The molecule has 0 aliphatic heterocycles. The number of nitrogens with two attached hydrogens (primary N) is 1.